The second-order valence-corrected chi connectivity index (χ2v) is 16.7. The third-order valence-electron chi connectivity index (χ3n) is 14.6. The lowest BCUT2D eigenvalue weighted by Gasteiger charge is -2.45. The van der Waals surface area contributed by atoms with Crippen LogP contribution in [-0.2, 0) is 0 Å². The summed E-state index contributed by atoms with van der Waals surface area (Å²) in [5.74, 6) is 3.97. The van der Waals surface area contributed by atoms with E-state index in [0.29, 0.717) is 12.0 Å². The normalized spacial score (nSPS) is 43.4. The van der Waals surface area contributed by atoms with Crippen molar-refractivity contribution in [1.82, 2.24) is 9.91 Å². The number of hydrogen-bond acceptors (Lipinski definition) is 2. The lowest BCUT2D eigenvalue weighted by atomic mass is 9.73. The van der Waals surface area contributed by atoms with Crippen LogP contribution in [0.1, 0.15) is 122 Å². The zero-order valence-electron chi connectivity index (χ0n) is 27.7. The summed E-state index contributed by atoms with van der Waals surface area (Å²) in [7, 11) is 0. The minimum Gasteiger partial charge on any atom is -0.368 e. The van der Waals surface area contributed by atoms with Gasteiger partial charge < -0.3 is 4.90 Å². The summed E-state index contributed by atoms with van der Waals surface area (Å²) in [5, 5.41) is 3.07. The van der Waals surface area contributed by atoms with E-state index < -0.39 is 0 Å². The highest BCUT2D eigenvalue weighted by atomic mass is 15.6. The summed E-state index contributed by atoms with van der Waals surface area (Å²) in [5.41, 5.74) is 8.70. The van der Waals surface area contributed by atoms with Crippen molar-refractivity contribution in [3.63, 3.8) is 0 Å². The maximum absolute atomic E-state index is 3.07. The number of likely N-dealkylation sites (tertiary alicyclic amines) is 1. The average Bonchev–Trinajstić information content (AvgIpc) is 3.76. The largest absolute Gasteiger partial charge is 0.368 e. The lowest BCUT2D eigenvalue weighted by Crippen LogP contribution is -2.64. The fraction of sp³-hybridized carbons (Fsp3) is 0.690. The summed E-state index contributed by atoms with van der Waals surface area (Å²) >= 11 is 0. The Labute approximate surface area is 272 Å². The van der Waals surface area contributed by atoms with Gasteiger partial charge in [-0.2, -0.15) is 5.01 Å². The monoisotopic (exact) mass is 602 g/mol. The van der Waals surface area contributed by atoms with E-state index in [2.05, 4.69) is 63.2 Å². The van der Waals surface area contributed by atoms with E-state index in [-0.39, 0.29) is 0 Å². The van der Waals surface area contributed by atoms with E-state index in [1.807, 2.05) is 11.1 Å². The van der Waals surface area contributed by atoms with E-state index in [1.54, 1.807) is 17.0 Å². The Balaban J connectivity index is 0.982. The first-order chi connectivity index (χ1) is 22.3. The van der Waals surface area contributed by atoms with Crippen LogP contribution in [-0.4, -0.2) is 50.5 Å². The molecule has 3 nitrogen and oxygen atoms in total. The number of hydrogen-bond donors (Lipinski definition) is 0. The molecule has 3 aliphatic heterocycles. The molecule has 3 saturated carbocycles. The van der Waals surface area contributed by atoms with Gasteiger partial charge in [0, 0.05) is 47.5 Å². The van der Waals surface area contributed by atoms with Crippen LogP contribution in [0.3, 0.4) is 0 Å². The van der Waals surface area contributed by atoms with E-state index >= 15 is 0 Å². The van der Waals surface area contributed by atoms with Crippen LogP contribution in [0, 0.1) is 29.6 Å². The van der Waals surface area contributed by atoms with Crippen LogP contribution in [0.5, 0.6) is 0 Å². The van der Waals surface area contributed by atoms with Crippen molar-refractivity contribution in [2.75, 3.05) is 0 Å². The molecule has 0 spiro atoms. The van der Waals surface area contributed by atoms with Gasteiger partial charge in [-0.1, -0.05) is 80.2 Å². The first kappa shape index (κ1) is 27.8. The Bertz CT molecular complexity index is 1430. The molecule has 2 saturated heterocycles. The highest BCUT2D eigenvalue weighted by Gasteiger charge is 2.62. The van der Waals surface area contributed by atoms with E-state index in [0.717, 1.165) is 47.8 Å². The first-order valence-corrected chi connectivity index (χ1v) is 19.7. The van der Waals surface area contributed by atoms with Gasteiger partial charge in [0.2, 0.25) is 5.71 Å². The number of nitrogens with zero attached hydrogens (tertiary/aromatic N) is 3. The highest BCUT2D eigenvalue weighted by Crippen LogP contribution is 2.55. The molecule has 0 aromatic carbocycles. The summed E-state index contributed by atoms with van der Waals surface area (Å²) in [4.78, 5) is 3.00. The summed E-state index contributed by atoms with van der Waals surface area (Å²) in [6.45, 7) is 0. The highest BCUT2D eigenvalue weighted by molar-refractivity contribution is 6.03. The molecular weight excluding hydrogens is 546 g/mol. The molecule has 3 heteroatoms. The first-order valence-electron chi connectivity index (χ1n) is 19.7. The van der Waals surface area contributed by atoms with Crippen molar-refractivity contribution >= 4 is 5.71 Å². The molecule has 10 aliphatic rings. The van der Waals surface area contributed by atoms with Crippen molar-refractivity contribution < 1.29 is 4.68 Å². The Morgan fingerprint density at radius 1 is 0.711 bits per heavy atom. The number of hydrazine groups is 1. The SMILES string of the molecule is C1=CCCC(N2C3CCC(C4C=C5C6CCCCC6N([N+]6=C(C7=CCCC=C7)C7CCCCC76)C5C4)=CC3C3CCCCC32)=C1. The molecule has 10 rings (SSSR count). The molecule has 0 radical (unpaired) electrons. The molecule has 0 bridgehead atoms. The molecule has 238 valence electrons. The molecule has 5 fully saturated rings. The second kappa shape index (κ2) is 11.2. The van der Waals surface area contributed by atoms with Crippen molar-refractivity contribution in [2.24, 2.45) is 29.6 Å². The molecule has 45 heavy (non-hydrogen) atoms. The number of fused-ring (bicyclic) bond motifs is 7. The standard InChI is InChI=1S/C42H56N3/c1-3-13-28(14-4-1)42-34-19-9-12-22-40(34)45(42)44-39-21-11-8-18-33(39)36-26-30(27-41(36)44)29-23-24-38-35(25-29)32-17-7-10-20-37(32)43(38)31-15-5-2-6-16-31/h2-3,5,13-15,25-26,30,32-35,37-41H,1,4,6-12,16-24,27H2/q+1. The molecule has 10 unspecified atom stereocenters. The van der Waals surface area contributed by atoms with Crippen molar-refractivity contribution in [1.29, 1.82) is 0 Å². The van der Waals surface area contributed by atoms with Crippen LogP contribution >= 0.6 is 0 Å². The van der Waals surface area contributed by atoms with Crippen LogP contribution in [0.25, 0.3) is 0 Å². The molecule has 7 aliphatic carbocycles. The van der Waals surface area contributed by atoms with E-state index in [9.17, 15) is 0 Å². The van der Waals surface area contributed by atoms with Crippen molar-refractivity contribution in [3.8, 4) is 0 Å². The van der Waals surface area contributed by atoms with Gasteiger partial charge in [0.25, 0.3) is 0 Å². The Morgan fingerprint density at radius 3 is 2.42 bits per heavy atom. The average molecular weight is 603 g/mol. The lowest BCUT2D eigenvalue weighted by molar-refractivity contribution is -0.757. The van der Waals surface area contributed by atoms with Crippen LogP contribution in [0.2, 0.25) is 0 Å². The van der Waals surface area contributed by atoms with Gasteiger partial charge in [-0.25, -0.2) is 0 Å². The van der Waals surface area contributed by atoms with Gasteiger partial charge in [-0.15, -0.1) is 4.68 Å². The number of hydrazone groups is 1. The molecule has 0 amide bonds. The molecule has 10 atom stereocenters. The smallest absolute Gasteiger partial charge is 0.222 e. The quantitative estimate of drug-likeness (QED) is 0.234. The fourth-order valence-corrected chi connectivity index (χ4v) is 12.9. The summed E-state index contributed by atoms with van der Waals surface area (Å²) in [6.07, 6.45) is 46.7. The summed E-state index contributed by atoms with van der Waals surface area (Å²) < 4.78 is 2.97. The second-order valence-electron chi connectivity index (χ2n) is 16.7. The minimum absolute atomic E-state index is 0.648. The number of allylic oxidation sites excluding steroid dienone is 10. The fourth-order valence-electron chi connectivity index (χ4n) is 12.9. The Morgan fingerprint density at radius 2 is 1.56 bits per heavy atom. The Hall–Kier alpha value is -2.29. The van der Waals surface area contributed by atoms with E-state index in [1.165, 1.54) is 122 Å². The zero-order chi connectivity index (χ0) is 29.5. The van der Waals surface area contributed by atoms with Crippen LogP contribution in [0.4, 0.5) is 0 Å². The molecule has 0 aromatic heterocycles. The maximum atomic E-state index is 3.07. The van der Waals surface area contributed by atoms with E-state index in [4.69, 9.17) is 0 Å². The third-order valence-corrected chi connectivity index (χ3v) is 14.6. The van der Waals surface area contributed by atoms with Gasteiger partial charge in [-0.05, 0) is 101 Å². The molecule has 0 aromatic rings. The summed E-state index contributed by atoms with van der Waals surface area (Å²) in [6, 6.07) is 3.71. The van der Waals surface area contributed by atoms with Gasteiger partial charge in [0.15, 0.2) is 6.04 Å². The molecule has 3 heterocycles. The third kappa shape index (κ3) is 4.30. The minimum atomic E-state index is 0.648. The molecular formula is C42H56N3+. The zero-order valence-corrected chi connectivity index (χ0v) is 27.7. The topological polar surface area (TPSA) is 9.49 Å². The van der Waals surface area contributed by atoms with Gasteiger partial charge >= 0.3 is 0 Å². The predicted molar refractivity (Wildman–Crippen MR) is 184 cm³/mol. The maximum Gasteiger partial charge on any atom is 0.222 e. The predicted octanol–water partition coefficient (Wildman–Crippen LogP) is 9.21. The van der Waals surface area contributed by atoms with Gasteiger partial charge in [0.1, 0.15) is 12.0 Å². The van der Waals surface area contributed by atoms with Gasteiger partial charge in [-0.3, -0.25) is 0 Å². The molecule has 0 N–H and O–H groups in total. The Kier molecular flexibility index (Phi) is 6.89. The van der Waals surface area contributed by atoms with Crippen molar-refractivity contribution in [3.05, 3.63) is 71.0 Å². The number of rotatable bonds is 4. The van der Waals surface area contributed by atoms with Crippen LogP contribution < -0.4 is 0 Å². The van der Waals surface area contributed by atoms with Crippen molar-refractivity contribution in [2.45, 2.75) is 152 Å². The van der Waals surface area contributed by atoms with Gasteiger partial charge in [0.05, 0.1) is 6.04 Å². The van der Waals surface area contributed by atoms with Crippen LogP contribution in [0.15, 0.2) is 71.0 Å².